The van der Waals surface area contributed by atoms with Gasteiger partial charge < -0.3 is 20.4 Å². The molecule has 0 aliphatic rings. The fourth-order valence-corrected chi connectivity index (χ4v) is 2.82. The van der Waals surface area contributed by atoms with Crippen molar-refractivity contribution in [2.75, 3.05) is 18.4 Å². The van der Waals surface area contributed by atoms with Crippen molar-refractivity contribution in [1.82, 2.24) is 20.6 Å². The van der Waals surface area contributed by atoms with E-state index in [2.05, 4.69) is 30.9 Å². The molecule has 31 heavy (non-hydrogen) atoms. The fourth-order valence-electron chi connectivity index (χ4n) is 2.82. The number of guanidine groups is 1. The van der Waals surface area contributed by atoms with Gasteiger partial charge in [0.05, 0.1) is 6.54 Å². The number of amides is 1. The van der Waals surface area contributed by atoms with Crippen LogP contribution in [0.3, 0.4) is 0 Å². The summed E-state index contributed by atoms with van der Waals surface area (Å²) in [7, 11) is 0. The summed E-state index contributed by atoms with van der Waals surface area (Å²) in [5.74, 6) is 1.63. The van der Waals surface area contributed by atoms with Gasteiger partial charge in [-0.2, -0.15) is 0 Å². The Labute approximate surface area is 182 Å². The number of nitrogens with zero attached hydrogens (tertiary/aromatic N) is 3. The molecule has 8 nitrogen and oxygen atoms in total. The van der Waals surface area contributed by atoms with Crippen LogP contribution < -0.4 is 16.0 Å². The first kappa shape index (κ1) is 22.0. The normalized spacial score (nSPS) is 11.3. The lowest BCUT2D eigenvalue weighted by molar-refractivity contribution is -0.116. The summed E-state index contributed by atoms with van der Waals surface area (Å²) in [6.45, 7) is 7.42. The molecular formula is C23H28N6O2. The Balaban J connectivity index is 1.50. The number of nitrogens with one attached hydrogen (secondary N) is 3. The number of hydrogen-bond donors (Lipinski definition) is 3. The van der Waals surface area contributed by atoms with Gasteiger partial charge in [0.2, 0.25) is 11.8 Å². The monoisotopic (exact) mass is 420 g/mol. The SMILES string of the molecule is CCNC(=NCc1coc(-c2ccc(C)cc2)n1)NCCC(=O)Nc1cccc(C)n1. The number of carbonyl (C=O) groups excluding carboxylic acids is 1. The average Bonchev–Trinajstić information content (AvgIpc) is 3.21. The highest BCUT2D eigenvalue weighted by Crippen LogP contribution is 2.19. The Morgan fingerprint density at radius 3 is 2.61 bits per heavy atom. The second-order valence-electron chi connectivity index (χ2n) is 7.09. The number of carbonyl (C=O) groups is 1. The van der Waals surface area contributed by atoms with Crippen LogP contribution in [0.2, 0.25) is 0 Å². The van der Waals surface area contributed by atoms with E-state index in [9.17, 15) is 4.79 Å². The molecule has 0 radical (unpaired) electrons. The van der Waals surface area contributed by atoms with E-state index in [1.54, 1.807) is 12.3 Å². The standard InChI is InChI=1S/C23H28N6O2/c1-4-24-23(25-13-12-21(30)29-20-7-5-6-17(3)27-20)26-14-19-15-31-22(28-19)18-10-8-16(2)9-11-18/h5-11,15H,4,12-14H2,1-3H3,(H2,24,25,26)(H,27,29,30). The van der Waals surface area contributed by atoms with Crippen molar-refractivity contribution >= 4 is 17.7 Å². The lowest BCUT2D eigenvalue weighted by Gasteiger charge is -2.11. The summed E-state index contributed by atoms with van der Waals surface area (Å²) in [5, 5.41) is 9.12. The summed E-state index contributed by atoms with van der Waals surface area (Å²) in [5.41, 5.74) is 3.71. The number of benzene rings is 1. The molecular weight excluding hydrogens is 392 g/mol. The van der Waals surface area contributed by atoms with E-state index in [0.29, 0.717) is 43.7 Å². The second-order valence-corrected chi connectivity index (χ2v) is 7.09. The molecule has 3 rings (SSSR count). The molecule has 0 atom stereocenters. The maximum atomic E-state index is 12.1. The van der Waals surface area contributed by atoms with Crippen LogP contribution in [0.4, 0.5) is 5.82 Å². The molecule has 2 aromatic heterocycles. The van der Waals surface area contributed by atoms with Crippen molar-refractivity contribution in [2.24, 2.45) is 4.99 Å². The average molecular weight is 421 g/mol. The van der Waals surface area contributed by atoms with Crippen molar-refractivity contribution in [3.63, 3.8) is 0 Å². The number of aryl methyl sites for hydroxylation is 2. The fraction of sp³-hybridized carbons (Fsp3) is 0.304. The van der Waals surface area contributed by atoms with Crippen molar-refractivity contribution in [3.05, 3.63) is 65.7 Å². The minimum absolute atomic E-state index is 0.110. The first-order valence-electron chi connectivity index (χ1n) is 10.3. The predicted molar refractivity (Wildman–Crippen MR) is 122 cm³/mol. The Bertz CT molecular complexity index is 1030. The van der Waals surface area contributed by atoms with Gasteiger partial charge in [0.25, 0.3) is 0 Å². The number of aromatic nitrogens is 2. The van der Waals surface area contributed by atoms with Crippen LogP contribution in [0, 0.1) is 13.8 Å². The maximum Gasteiger partial charge on any atom is 0.227 e. The predicted octanol–water partition coefficient (Wildman–Crippen LogP) is 3.44. The van der Waals surface area contributed by atoms with Crippen LogP contribution in [0.1, 0.15) is 30.3 Å². The zero-order valence-electron chi connectivity index (χ0n) is 18.1. The van der Waals surface area contributed by atoms with Gasteiger partial charge in [0, 0.05) is 30.8 Å². The summed E-state index contributed by atoms with van der Waals surface area (Å²) < 4.78 is 5.58. The third-order valence-corrected chi connectivity index (χ3v) is 4.39. The number of hydrogen-bond acceptors (Lipinski definition) is 5. The topological polar surface area (TPSA) is 104 Å². The van der Waals surface area contributed by atoms with Crippen LogP contribution in [0.15, 0.2) is 58.1 Å². The Hall–Kier alpha value is -3.68. The lowest BCUT2D eigenvalue weighted by atomic mass is 10.1. The molecule has 0 fully saturated rings. The number of aliphatic imine (C=N–C) groups is 1. The van der Waals surface area contributed by atoms with Crippen LogP contribution in [-0.2, 0) is 11.3 Å². The van der Waals surface area contributed by atoms with Crippen molar-refractivity contribution < 1.29 is 9.21 Å². The summed E-state index contributed by atoms with van der Waals surface area (Å²) >= 11 is 0. The summed E-state index contributed by atoms with van der Waals surface area (Å²) in [4.78, 5) is 25.4. The Morgan fingerprint density at radius 2 is 1.87 bits per heavy atom. The van der Waals surface area contributed by atoms with Gasteiger partial charge in [-0.3, -0.25) is 4.79 Å². The number of oxazole rings is 1. The minimum Gasteiger partial charge on any atom is -0.444 e. The van der Waals surface area contributed by atoms with Crippen molar-refractivity contribution in [3.8, 4) is 11.5 Å². The third kappa shape index (κ3) is 6.95. The molecule has 0 unspecified atom stereocenters. The number of rotatable bonds is 8. The molecule has 3 N–H and O–H groups in total. The van der Waals surface area contributed by atoms with Gasteiger partial charge in [0.1, 0.15) is 17.8 Å². The van der Waals surface area contributed by atoms with Gasteiger partial charge in [-0.25, -0.2) is 15.0 Å². The molecule has 1 amide bonds. The second kappa shape index (κ2) is 10.9. The summed E-state index contributed by atoms with van der Waals surface area (Å²) in [6, 6.07) is 13.5. The molecule has 0 saturated heterocycles. The highest BCUT2D eigenvalue weighted by atomic mass is 16.3. The lowest BCUT2D eigenvalue weighted by Crippen LogP contribution is -2.38. The zero-order chi connectivity index (χ0) is 22.1. The summed E-state index contributed by atoms with van der Waals surface area (Å²) in [6.07, 6.45) is 1.91. The minimum atomic E-state index is -0.110. The number of pyridine rings is 1. The van der Waals surface area contributed by atoms with Crippen molar-refractivity contribution in [2.45, 2.75) is 33.7 Å². The smallest absolute Gasteiger partial charge is 0.227 e. The number of anilines is 1. The van der Waals surface area contributed by atoms with Crippen LogP contribution in [-0.4, -0.2) is 34.9 Å². The van der Waals surface area contributed by atoms with Gasteiger partial charge in [-0.1, -0.05) is 23.8 Å². The van der Waals surface area contributed by atoms with Gasteiger partial charge in [-0.05, 0) is 45.0 Å². The molecule has 0 aliphatic heterocycles. The van der Waals surface area contributed by atoms with E-state index in [4.69, 9.17) is 4.42 Å². The first-order chi connectivity index (χ1) is 15.0. The van der Waals surface area contributed by atoms with Gasteiger partial charge in [0.15, 0.2) is 5.96 Å². The molecule has 1 aromatic carbocycles. The van der Waals surface area contributed by atoms with Gasteiger partial charge in [-0.15, -0.1) is 0 Å². The van der Waals surface area contributed by atoms with Crippen LogP contribution in [0.5, 0.6) is 0 Å². The van der Waals surface area contributed by atoms with E-state index in [-0.39, 0.29) is 5.91 Å². The first-order valence-corrected chi connectivity index (χ1v) is 10.3. The van der Waals surface area contributed by atoms with E-state index in [0.717, 1.165) is 17.0 Å². The largest absolute Gasteiger partial charge is 0.444 e. The zero-order valence-corrected chi connectivity index (χ0v) is 18.1. The van der Waals surface area contributed by atoms with E-state index >= 15 is 0 Å². The third-order valence-electron chi connectivity index (χ3n) is 4.39. The molecule has 0 spiro atoms. The van der Waals surface area contributed by atoms with E-state index < -0.39 is 0 Å². The van der Waals surface area contributed by atoms with Crippen LogP contribution in [0.25, 0.3) is 11.5 Å². The van der Waals surface area contributed by atoms with Crippen molar-refractivity contribution in [1.29, 1.82) is 0 Å². The Morgan fingerprint density at radius 1 is 1.06 bits per heavy atom. The quantitative estimate of drug-likeness (QED) is 0.381. The molecule has 2 heterocycles. The van der Waals surface area contributed by atoms with Gasteiger partial charge >= 0.3 is 0 Å². The molecule has 8 heteroatoms. The van der Waals surface area contributed by atoms with E-state index in [1.807, 2.05) is 57.2 Å². The molecule has 0 saturated carbocycles. The molecule has 162 valence electrons. The highest BCUT2D eigenvalue weighted by molar-refractivity contribution is 5.90. The Kier molecular flexibility index (Phi) is 7.75. The van der Waals surface area contributed by atoms with Crippen LogP contribution >= 0.6 is 0 Å². The molecule has 0 bridgehead atoms. The van der Waals surface area contributed by atoms with E-state index in [1.165, 1.54) is 5.56 Å². The molecule has 3 aromatic rings. The maximum absolute atomic E-state index is 12.1. The highest BCUT2D eigenvalue weighted by Gasteiger charge is 2.08. The molecule has 0 aliphatic carbocycles.